The van der Waals surface area contributed by atoms with Crippen molar-refractivity contribution in [1.29, 1.82) is 0 Å². The lowest BCUT2D eigenvalue weighted by molar-refractivity contribution is -0.150. The summed E-state index contributed by atoms with van der Waals surface area (Å²) < 4.78 is 18.4. The molecule has 1 aliphatic heterocycles. The molecule has 0 fully saturated rings. The third-order valence-corrected chi connectivity index (χ3v) is 4.22. The van der Waals surface area contributed by atoms with Crippen molar-refractivity contribution in [3.8, 4) is 0 Å². The first-order chi connectivity index (χ1) is 13.3. The van der Waals surface area contributed by atoms with Crippen molar-refractivity contribution < 1.29 is 28.3 Å². The number of anilines is 1. The zero-order valence-electron chi connectivity index (χ0n) is 14.4. The van der Waals surface area contributed by atoms with Crippen LogP contribution in [-0.4, -0.2) is 41.7 Å². The van der Waals surface area contributed by atoms with Crippen molar-refractivity contribution in [2.24, 2.45) is 0 Å². The number of rotatable bonds is 5. The van der Waals surface area contributed by atoms with E-state index >= 15 is 0 Å². The maximum Gasteiger partial charge on any atom is 0.326 e. The number of halogens is 2. The summed E-state index contributed by atoms with van der Waals surface area (Å²) >= 11 is 5.73. The second-order valence-electron chi connectivity index (χ2n) is 5.95. The van der Waals surface area contributed by atoms with Crippen molar-refractivity contribution in [3.05, 3.63) is 64.4 Å². The molecule has 0 saturated heterocycles. The van der Waals surface area contributed by atoms with E-state index in [1.54, 1.807) is 24.3 Å². The van der Waals surface area contributed by atoms with Crippen molar-refractivity contribution in [2.45, 2.75) is 6.42 Å². The van der Waals surface area contributed by atoms with Crippen LogP contribution in [0, 0.1) is 5.82 Å². The third kappa shape index (κ3) is 4.34. The minimum atomic E-state index is -0.942. The number of hydrogen-bond acceptors (Lipinski definition) is 5. The molecule has 0 spiro atoms. The molecule has 9 heteroatoms. The van der Waals surface area contributed by atoms with E-state index in [1.165, 1.54) is 12.1 Å². The molecule has 0 saturated carbocycles. The largest absolute Gasteiger partial charge is 0.454 e. The number of ether oxygens (including phenoxy) is 1. The second-order valence-corrected chi connectivity index (χ2v) is 6.39. The summed E-state index contributed by atoms with van der Waals surface area (Å²) in [6, 6.07) is 10.2. The Balaban J connectivity index is 1.56. The maximum absolute atomic E-state index is 13.6. The van der Waals surface area contributed by atoms with Gasteiger partial charge in [0, 0.05) is 10.6 Å². The molecule has 144 valence electrons. The molecule has 2 aromatic rings. The molecule has 3 amide bonds. The van der Waals surface area contributed by atoms with E-state index in [4.69, 9.17) is 16.3 Å². The number of hydrogen-bond donors (Lipinski definition) is 1. The van der Waals surface area contributed by atoms with Gasteiger partial charge in [-0.25, -0.2) is 4.39 Å². The lowest BCUT2D eigenvalue weighted by Gasteiger charge is -2.25. The summed E-state index contributed by atoms with van der Waals surface area (Å²) in [7, 11) is 0. The molecule has 0 unspecified atom stereocenters. The summed E-state index contributed by atoms with van der Waals surface area (Å²) in [5.74, 6) is -3.58. The summed E-state index contributed by atoms with van der Waals surface area (Å²) in [4.78, 5) is 49.0. The SMILES string of the molecule is O=C(COC(=O)CN1C(=O)Cc2ccccc2C1=O)Nc1cc(Cl)ccc1F. The normalized spacial score (nSPS) is 13.1. The van der Waals surface area contributed by atoms with E-state index < -0.39 is 42.7 Å². The highest BCUT2D eigenvalue weighted by Crippen LogP contribution is 2.20. The first kappa shape index (κ1) is 19.5. The van der Waals surface area contributed by atoms with Crippen LogP contribution in [0.4, 0.5) is 10.1 Å². The van der Waals surface area contributed by atoms with Crippen LogP contribution in [0.5, 0.6) is 0 Å². The molecule has 1 heterocycles. The van der Waals surface area contributed by atoms with Gasteiger partial charge in [-0.1, -0.05) is 29.8 Å². The Hall–Kier alpha value is -3.26. The number of nitrogens with zero attached hydrogens (tertiary/aromatic N) is 1. The van der Waals surface area contributed by atoms with Crippen LogP contribution in [0.15, 0.2) is 42.5 Å². The standard InChI is InChI=1S/C19H14ClFN2O5/c20-12-5-6-14(21)15(8-12)22-16(24)10-28-18(26)9-23-17(25)7-11-3-1-2-4-13(11)19(23)27/h1-6,8H,7,9-10H2,(H,22,24). The fraction of sp³-hybridized carbons (Fsp3) is 0.158. The van der Waals surface area contributed by atoms with Gasteiger partial charge in [-0.15, -0.1) is 0 Å². The highest BCUT2D eigenvalue weighted by molar-refractivity contribution is 6.30. The van der Waals surface area contributed by atoms with Gasteiger partial charge < -0.3 is 10.1 Å². The van der Waals surface area contributed by atoms with Gasteiger partial charge in [0.15, 0.2) is 6.61 Å². The number of benzene rings is 2. The fourth-order valence-corrected chi connectivity index (χ4v) is 2.83. The molecular formula is C19H14ClFN2O5. The molecule has 2 aromatic carbocycles. The molecule has 0 atom stereocenters. The average molecular weight is 405 g/mol. The van der Waals surface area contributed by atoms with Crippen LogP contribution >= 0.6 is 11.6 Å². The third-order valence-electron chi connectivity index (χ3n) is 3.99. The van der Waals surface area contributed by atoms with Crippen molar-refractivity contribution in [3.63, 3.8) is 0 Å². The average Bonchev–Trinajstić information content (AvgIpc) is 2.66. The molecular weight excluding hydrogens is 391 g/mol. The molecule has 7 nitrogen and oxygen atoms in total. The predicted molar refractivity (Wildman–Crippen MR) is 97.2 cm³/mol. The highest BCUT2D eigenvalue weighted by atomic mass is 35.5. The van der Waals surface area contributed by atoms with Crippen LogP contribution < -0.4 is 5.32 Å². The zero-order chi connectivity index (χ0) is 20.3. The number of amides is 3. The highest BCUT2D eigenvalue weighted by Gasteiger charge is 2.32. The van der Waals surface area contributed by atoms with Gasteiger partial charge >= 0.3 is 5.97 Å². The fourth-order valence-electron chi connectivity index (χ4n) is 2.66. The number of esters is 1. The Morgan fingerprint density at radius 2 is 1.93 bits per heavy atom. The van der Waals surface area contributed by atoms with Gasteiger partial charge in [0.25, 0.3) is 11.8 Å². The van der Waals surface area contributed by atoms with E-state index in [0.29, 0.717) is 11.1 Å². The number of nitrogens with one attached hydrogen (secondary N) is 1. The Kier molecular flexibility index (Phi) is 5.70. The van der Waals surface area contributed by atoms with E-state index in [2.05, 4.69) is 5.32 Å². The van der Waals surface area contributed by atoms with Gasteiger partial charge in [-0.05, 0) is 29.8 Å². The lowest BCUT2D eigenvalue weighted by atomic mass is 9.98. The minimum Gasteiger partial charge on any atom is -0.454 e. The number of fused-ring (bicyclic) bond motifs is 1. The molecule has 0 radical (unpaired) electrons. The number of imide groups is 1. The summed E-state index contributed by atoms with van der Waals surface area (Å²) in [6.45, 7) is -1.33. The van der Waals surface area contributed by atoms with Crippen molar-refractivity contribution in [1.82, 2.24) is 4.90 Å². The summed E-state index contributed by atoms with van der Waals surface area (Å²) in [5, 5.41) is 2.44. The molecule has 0 aliphatic carbocycles. The minimum absolute atomic E-state index is 0.0102. The second kappa shape index (κ2) is 8.18. The number of carbonyl (C=O) groups is 4. The van der Waals surface area contributed by atoms with Gasteiger partial charge in [-0.3, -0.25) is 24.1 Å². The van der Waals surface area contributed by atoms with E-state index in [0.717, 1.165) is 11.0 Å². The number of carbonyl (C=O) groups excluding carboxylic acids is 4. The summed E-state index contributed by atoms with van der Waals surface area (Å²) in [5.41, 5.74) is 0.765. The van der Waals surface area contributed by atoms with E-state index in [-0.39, 0.29) is 17.1 Å². The monoisotopic (exact) mass is 404 g/mol. The molecule has 28 heavy (non-hydrogen) atoms. The van der Waals surface area contributed by atoms with E-state index in [1.807, 2.05) is 0 Å². The van der Waals surface area contributed by atoms with Crippen LogP contribution in [0.25, 0.3) is 0 Å². The van der Waals surface area contributed by atoms with Crippen LogP contribution in [0.1, 0.15) is 15.9 Å². The first-order valence-corrected chi connectivity index (χ1v) is 8.56. The molecule has 1 N–H and O–H groups in total. The van der Waals surface area contributed by atoms with Crippen LogP contribution in [-0.2, 0) is 25.5 Å². The Labute approximate surface area is 164 Å². The molecule has 0 aromatic heterocycles. The van der Waals surface area contributed by atoms with Crippen molar-refractivity contribution >= 4 is 41.0 Å². The first-order valence-electron chi connectivity index (χ1n) is 8.18. The predicted octanol–water partition coefficient (Wildman–Crippen LogP) is 2.19. The summed E-state index contributed by atoms with van der Waals surface area (Å²) in [6.07, 6.45) is -0.0102. The van der Waals surface area contributed by atoms with Gasteiger partial charge in [0.2, 0.25) is 5.91 Å². The molecule has 1 aliphatic rings. The van der Waals surface area contributed by atoms with Gasteiger partial charge in [0.1, 0.15) is 12.4 Å². The van der Waals surface area contributed by atoms with Gasteiger partial charge in [-0.2, -0.15) is 0 Å². The lowest BCUT2D eigenvalue weighted by Crippen LogP contribution is -2.45. The Morgan fingerprint density at radius 1 is 1.18 bits per heavy atom. The Bertz CT molecular complexity index is 979. The molecule has 3 rings (SSSR count). The van der Waals surface area contributed by atoms with Gasteiger partial charge in [0.05, 0.1) is 12.1 Å². The topological polar surface area (TPSA) is 92.8 Å². The van der Waals surface area contributed by atoms with Crippen LogP contribution in [0.2, 0.25) is 5.02 Å². The van der Waals surface area contributed by atoms with E-state index in [9.17, 15) is 23.6 Å². The quantitative estimate of drug-likeness (QED) is 0.609. The van der Waals surface area contributed by atoms with Crippen LogP contribution in [0.3, 0.4) is 0 Å². The zero-order valence-corrected chi connectivity index (χ0v) is 15.2. The molecule has 0 bridgehead atoms. The maximum atomic E-state index is 13.6. The van der Waals surface area contributed by atoms with Crippen molar-refractivity contribution in [2.75, 3.05) is 18.5 Å². The smallest absolute Gasteiger partial charge is 0.326 e. The Morgan fingerprint density at radius 3 is 2.71 bits per heavy atom.